The Labute approximate surface area is 114 Å². The van der Waals surface area contributed by atoms with E-state index >= 15 is 0 Å². The predicted molar refractivity (Wildman–Crippen MR) is 69.8 cm³/mol. The molecule has 0 bridgehead atoms. The van der Waals surface area contributed by atoms with Gasteiger partial charge in [0, 0.05) is 12.6 Å². The Bertz CT molecular complexity index is 675. The second kappa shape index (κ2) is 5.27. The van der Waals surface area contributed by atoms with Gasteiger partial charge in [-0.25, -0.2) is 9.48 Å². The van der Waals surface area contributed by atoms with Crippen LogP contribution in [0.2, 0.25) is 5.02 Å². The summed E-state index contributed by atoms with van der Waals surface area (Å²) >= 11 is 5.95. The molecule has 1 aromatic carbocycles. The average Bonchev–Trinajstić information content (AvgIpc) is 2.70. The number of ether oxygens (including phenoxy) is 1. The Kier molecular flexibility index (Phi) is 3.71. The SMILES string of the molecule is COc1ccc(C(=O)Cn2ncn(C)c2=O)cc1Cl. The molecule has 0 aliphatic carbocycles. The summed E-state index contributed by atoms with van der Waals surface area (Å²) in [6.07, 6.45) is 1.36. The van der Waals surface area contributed by atoms with E-state index in [0.717, 1.165) is 4.68 Å². The zero-order chi connectivity index (χ0) is 14.0. The van der Waals surface area contributed by atoms with Gasteiger partial charge in [-0.2, -0.15) is 5.10 Å². The van der Waals surface area contributed by atoms with Crippen LogP contribution in [0.15, 0.2) is 29.3 Å². The maximum absolute atomic E-state index is 12.0. The molecule has 0 fully saturated rings. The van der Waals surface area contributed by atoms with Crippen molar-refractivity contribution in [2.75, 3.05) is 7.11 Å². The topological polar surface area (TPSA) is 66.1 Å². The maximum Gasteiger partial charge on any atom is 0.345 e. The molecule has 0 radical (unpaired) electrons. The fraction of sp³-hybridized carbons (Fsp3) is 0.250. The molecule has 1 heterocycles. The van der Waals surface area contributed by atoms with Crippen LogP contribution >= 0.6 is 11.6 Å². The highest BCUT2D eigenvalue weighted by Gasteiger charge is 2.12. The molecule has 0 amide bonds. The average molecular weight is 282 g/mol. The minimum absolute atomic E-state index is 0.123. The number of hydrogen-bond acceptors (Lipinski definition) is 4. The van der Waals surface area contributed by atoms with E-state index in [1.54, 1.807) is 19.2 Å². The van der Waals surface area contributed by atoms with Crippen LogP contribution in [0.4, 0.5) is 0 Å². The molecule has 0 atom stereocenters. The van der Waals surface area contributed by atoms with Crippen LogP contribution in [0.3, 0.4) is 0 Å². The van der Waals surface area contributed by atoms with Gasteiger partial charge in [0.05, 0.1) is 12.1 Å². The number of Topliss-reactive ketones (excluding diaryl/α,β-unsaturated/α-hetero) is 1. The minimum atomic E-state index is -0.340. The first-order valence-electron chi connectivity index (χ1n) is 5.48. The number of halogens is 1. The van der Waals surface area contributed by atoms with Crippen LogP contribution in [0.5, 0.6) is 5.75 Å². The van der Waals surface area contributed by atoms with Gasteiger partial charge in [0.15, 0.2) is 5.78 Å². The number of benzene rings is 1. The molecule has 0 aliphatic heterocycles. The lowest BCUT2D eigenvalue weighted by Gasteiger charge is -2.05. The van der Waals surface area contributed by atoms with Crippen LogP contribution in [0.25, 0.3) is 0 Å². The van der Waals surface area contributed by atoms with Gasteiger partial charge in [-0.05, 0) is 18.2 Å². The van der Waals surface area contributed by atoms with Crippen molar-refractivity contribution in [3.05, 3.63) is 45.6 Å². The molecule has 6 nitrogen and oxygen atoms in total. The number of carbonyl (C=O) groups is 1. The number of aryl methyl sites for hydroxylation is 1. The largest absolute Gasteiger partial charge is 0.495 e. The molecule has 0 saturated carbocycles. The second-order valence-electron chi connectivity index (χ2n) is 3.95. The number of methoxy groups -OCH3 is 1. The highest BCUT2D eigenvalue weighted by atomic mass is 35.5. The predicted octanol–water partition coefficient (Wildman–Crippen LogP) is 1.13. The summed E-state index contributed by atoms with van der Waals surface area (Å²) in [6, 6.07) is 4.72. The smallest absolute Gasteiger partial charge is 0.345 e. The third-order valence-corrected chi connectivity index (χ3v) is 2.95. The summed E-state index contributed by atoms with van der Waals surface area (Å²) < 4.78 is 7.40. The Morgan fingerprint density at radius 3 is 2.74 bits per heavy atom. The van der Waals surface area contributed by atoms with E-state index in [9.17, 15) is 9.59 Å². The lowest BCUT2D eigenvalue weighted by molar-refractivity contribution is 0.0966. The van der Waals surface area contributed by atoms with Gasteiger partial charge in [-0.1, -0.05) is 11.6 Å². The maximum atomic E-state index is 12.0. The van der Waals surface area contributed by atoms with Crippen molar-refractivity contribution in [2.24, 2.45) is 7.05 Å². The van der Waals surface area contributed by atoms with Crippen LogP contribution in [0, 0.1) is 0 Å². The van der Waals surface area contributed by atoms with E-state index in [1.807, 2.05) is 0 Å². The fourth-order valence-corrected chi connectivity index (χ4v) is 1.85. The minimum Gasteiger partial charge on any atom is -0.495 e. The van der Waals surface area contributed by atoms with Gasteiger partial charge >= 0.3 is 5.69 Å². The molecule has 0 saturated heterocycles. The first kappa shape index (κ1) is 13.4. The van der Waals surface area contributed by atoms with Crippen molar-refractivity contribution in [1.82, 2.24) is 14.3 Å². The van der Waals surface area contributed by atoms with E-state index in [-0.39, 0.29) is 18.0 Å². The molecule has 2 aromatic rings. The molecule has 1 aromatic heterocycles. The van der Waals surface area contributed by atoms with Crippen molar-refractivity contribution in [2.45, 2.75) is 6.54 Å². The molecule has 0 spiro atoms. The first-order valence-corrected chi connectivity index (χ1v) is 5.86. The van der Waals surface area contributed by atoms with E-state index in [4.69, 9.17) is 16.3 Å². The number of nitrogens with zero attached hydrogens (tertiary/aromatic N) is 3. The van der Waals surface area contributed by atoms with E-state index in [2.05, 4.69) is 5.10 Å². The molecule has 19 heavy (non-hydrogen) atoms. The number of rotatable bonds is 4. The van der Waals surface area contributed by atoms with Gasteiger partial charge in [0.2, 0.25) is 0 Å². The highest BCUT2D eigenvalue weighted by molar-refractivity contribution is 6.32. The van der Waals surface area contributed by atoms with Gasteiger partial charge in [-0.15, -0.1) is 0 Å². The van der Waals surface area contributed by atoms with Crippen molar-refractivity contribution >= 4 is 17.4 Å². The summed E-state index contributed by atoms with van der Waals surface area (Å²) in [5.41, 5.74) is 0.0660. The third kappa shape index (κ3) is 2.68. The van der Waals surface area contributed by atoms with Crippen molar-refractivity contribution in [3.63, 3.8) is 0 Å². The zero-order valence-electron chi connectivity index (χ0n) is 10.5. The molecule has 0 unspecified atom stereocenters. The molecule has 0 N–H and O–H groups in total. The summed E-state index contributed by atoms with van der Waals surface area (Å²) in [4.78, 5) is 23.6. The summed E-state index contributed by atoms with van der Waals surface area (Å²) in [5, 5.41) is 4.17. The van der Waals surface area contributed by atoms with Gasteiger partial charge in [0.1, 0.15) is 18.6 Å². The number of aromatic nitrogens is 3. The highest BCUT2D eigenvalue weighted by Crippen LogP contribution is 2.25. The normalized spacial score (nSPS) is 10.5. The van der Waals surface area contributed by atoms with Gasteiger partial charge in [0.25, 0.3) is 0 Å². The van der Waals surface area contributed by atoms with E-state index in [0.29, 0.717) is 16.3 Å². The van der Waals surface area contributed by atoms with E-state index in [1.165, 1.54) is 24.1 Å². The second-order valence-corrected chi connectivity index (χ2v) is 4.36. The van der Waals surface area contributed by atoms with Gasteiger partial charge in [-0.3, -0.25) is 9.36 Å². The van der Waals surface area contributed by atoms with Crippen LogP contribution in [-0.4, -0.2) is 27.2 Å². The number of hydrogen-bond donors (Lipinski definition) is 0. The Morgan fingerprint density at radius 2 is 2.21 bits per heavy atom. The monoisotopic (exact) mass is 281 g/mol. The summed E-state index contributed by atoms with van der Waals surface area (Å²) in [5.74, 6) is 0.249. The fourth-order valence-electron chi connectivity index (χ4n) is 1.60. The molecule has 100 valence electrons. The van der Waals surface area contributed by atoms with Gasteiger partial charge < -0.3 is 4.74 Å². The first-order chi connectivity index (χ1) is 9.02. The van der Waals surface area contributed by atoms with Crippen LogP contribution < -0.4 is 10.4 Å². The summed E-state index contributed by atoms with van der Waals surface area (Å²) in [6.45, 7) is -0.123. The number of ketones is 1. The lowest BCUT2D eigenvalue weighted by atomic mass is 10.1. The van der Waals surface area contributed by atoms with Crippen LogP contribution in [-0.2, 0) is 13.6 Å². The summed E-state index contributed by atoms with van der Waals surface area (Å²) in [7, 11) is 3.07. The Hall–Kier alpha value is -2.08. The molecule has 2 rings (SSSR count). The Balaban J connectivity index is 2.23. The lowest BCUT2D eigenvalue weighted by Crippen LogP contribution is -2.26. The van der Waals surface area contributed by atoms with Crippen molar-refractivity contribution in [3.8, 4) is 5.75 Å². The molecule has 7 heteroatoms. The zero-order valence-corrected chi connectivity index (χ0v) is 11.2. The van der Waals surface area contributed by atoms with Crippen molar-refractivity contribution in [1.29, 1.82) is 0 Å². The molecule has 0 aliphatic rings. The molecular weight excluding hydrogens is 270 g/mol. The quantitative estimate of drug-likeness (QED) is 0.788. The standard InChI is InChI=1S/C12H12ClN3O3/c1-15-7-14-16(12(15)18)6-10(17)8-3-4-11(19-2)9(13)5-8/h3-5,7H,6H2,1-2H3. The van der Waals surface area contributed by atoms with Crippen molar-refractivity contribution < 1.29 is 9.53 Å². The Morgan fingerprint density at radius 1 is 1.47 bits per heavy atom. The number of carbonyl (C=O) groups excluding carboxylic acids is 1. The third-order valence-electron chi connectivity index (χ3n) is 2.65. The van der Waals surface area contributed by atoms with E-state index < -0.39 is 0 Å². The molecular formula is C12H12ClN3O3. The van der Waals surface area contributed by atoms with Crippen LogP contribution in [0.1, 0.15) is 10.4 Å².